The third-order valence-electron chi connectivity index (χ3n) is 4.48. The lowest BCUT2D eigenvalue weighted by molar-refractivity contribution is -0.898. The van der Waals surface area contributed by atoms with Gasteiger partial charge in [0, 0.05) is 32.4 Å². The molecule has 1 fully saturated rings. The number of likely N-dealkylation sites (N-methyl/N-ethyl adjacent to an activating group) is 1. The Labute approximate surface area is 137 Å². The normalized spacial score (nSPS) is 20.8. The van der Waals surface area contributed by atoms with Crippen LogP contribution < -0.4 is 15.4 Å². The molecule has 0 bridgehead atoms. The SMILES string of the molecule is COc1cccc(CN(C)C(=O)C[NH+]2CCC(C(N)=O)CC2)c1. The highest BCUT2D eigenvalue weighted by atomic mass is 16.5. The zero-order valence-electron chi connectivity index (χ0n) is 13.9. The van der Waals surface area contributed by atoms with Gasteiger partial charge in [0.25, 0.3) is 5.91 Å². The van der Waals surface area contributed by atoms with Gasteiger partial charge in [-0.05, 0) is 17.7 Å². The van der Waals surface area contributed by atoms with Crippen molar-refractivity contribution in [1.82, 2.24) is 4.90 Å². The van der Waals surface area contributed by atoms with Crippen LogP contribution in [0, 0.1) is 5.92 Å². The Balaban J connectivity index is 1.82. The Morgan fingerprint density at radius 1 is 1.35 bits per heavy atom. The molecule has 126 valence electrons. The Bertz CT molecular complexity index is 554. The van der Waals surface area contributed by atoms with Crippen LogP contribution in [0.4, 0.5) is 0 Å². The third kappa shape index (κ3) is 4.96. The van der Waals surface area contributed by atoms with Gasteiger partial charge in [0.2, 0.25) is 5.91 Å². The van der Waals surface area contributed by atoms with E-state index in [-0.39, 0.29) is 17.7 Å². The molecular formula is C17H26N3O3+. The van der Waals surface area contributed by atoms with E-state index < -0.39 is 0 Å². The number of carbonyl (C=O) groups is 2. The fourth-order valence-electron chi connectivity index (χ4n) is 2.97. The summed E-state index contributed by atoms with van der Waals surface area (Å²) in [6.45, 7) is 2.68. The highest BCUT2D eigenvalue weighted by Crippen LogP contribution is 2.14. The number of piperidine rings is 1. The number of amides is 2. The number of methoxy groups -OCH3 is 1. The molecule has 23 heavy (non-hydrogen) atoms. The number of quaternary nitrogens is 1. The lowest BCUT2D eigenvalue weighted by atomic mass is 9.96. The Kier molecular flexibility index (Phi) is 5.98. The molecule has 2 amide bonds. The Hall–Kier alpha value is -2.08. The largest absolute Gasteiger partial charge is 0.497 e. The van der Waals surface area contributed by atoms with Crippen LogP contribution in [-0.4, -0.2) is 50.5 Å². The molecule has 0 saturated carbocycles. The van der Waals surface area contributed by atoms with Crippen molar-refractivity contribution >= 4 is 11.8 Å². The molecule has 1 aromatic rings. The summed E-state index contributed by atoms with van der Waals surface area (Å²) in [5, 5.41) is 0. The maximum Gasteiger partial charge on any atom is 0.277 e. The predicted molar refractivity (Wildman–Crippen MR) is 87.0 cm³/mol. The molecule has 1 heterocycles. The van der Waals surface area contributed by atoms with Crippen LogP contribution in [0.2, 0.25) is 0 Å². The number of nitrogens with two attached hydrogens (primary N) is 1. The second kappa shape index (κ2) is 7.97. The average Bonchev–Trinajstić information content (AvgIpc) is 2.55. The van der Waals surface area contributed by atoms with E-state index in [2.05, 4.69) is 0 Å². The fourth-order valence-corrected chi connectivity index (χ4v) is 2.97. The molecule has 1 aliphatic heterocycles. The Morgan fingerprint density at radius 2 is 2.04 bits per heavy atom. The molecule has 0 spiro atoms. The van der Waals surface area contributed by atoms with E-state index in [1.807, 2.05) is 31.3 Å². The van der Waals surface area contributed by atoms with Crippen LogP contribution in [0.1, 0.15) is 18.4 Å². The van der Waals surface area contributed by atoms with Crippen molar-refractivity contribution in [2.75, 3.05) is 33.8 Å². The molecule has 0 unspecified atom stereocenters. The van der Waals surface area contributed by atoms with Gasteiger partial charge in [-0.2, -0.15) is 0 Å². The van der Waals surface area contributed by atoms with E-state index in [0.717, 1.165) is 37.2 Å². The molecule has 0 radical (unpaired) electrons. The summed E-state index contributed by atoms with van der Waals surface area (Å²) in [6.07, 6.45) is 1.55. The monoisotopic (exact) mass is 320 g/mol. The first-order valence-corrected chi connectivity index (χ1v) is 7.99. The summed E-state index contributed by atoms with van der Waals surface area (Å²) in [5.41, 5.74) is 6.38. The lowest BCUT2D eigenvalue weighted by Crippen LogP contribution is -3.14. The summed E-state index contributed by atoms with van der Waals surface area (Å²) in [7, 11) is 3.45. The molecule has 1 aliphatic rings. The minimum atomic E-state index is -0.217. The van der Waals surface area contributed by atoms with Crippen LogP contribution in [0.3, 0.4) is 0 Å². The summed E-state index contributed by atoms with van der Waals surface area (Å²) < 4.78 is 5.20. The van der Waals surface area contributed by atoms with E-state index in [1.54, 1.807) is 12.0 Å². The summed E-state index contributed by atoms with van der Waals surface area (Å²) in [5.74, 6) is 0.664. The van der Waals surface area contributed by atoms with Gasteiger partial charge in [0.1, 0.15) is 5.75 Å². The van der Waals surface area contributed by atoms with E-state index in [1.165, 1.54) is 4.90 Å². The topological polar surface area (TPSA) is 77.1 Å². The van der Waals surface area contributed by atoms with Gasteiger partial charge in [-0.25, -0.2) is 0 Å². The third-order valence-corrected chi connectivity index (χ3v) is 4.48. The molecule has 1 saturated heterocycles. The maximum absolute atomic E-state index is 12.4. The van der Waals surface area contributed by atoms with E-state index in [0.29, 0.717) is 13.1 Å². The van der Waals surface area contributed by atoms with Gasteiger partial charge in [-0.3, -0.25) is 9.59 Å². The van der Waals surface area contributed by atoms with E-state index in [4.69, 9.17) is 10.5 Å². The molecular weight excluding hydrogens is 294 g/mol. The van der Waals surface area contributed by atoms with Crippen molar-refractivity contribution in [3.8, 4) is 5.75 Å². The zero-order chi connectivity index (χ0) is 16.8. The van der Waals surface area contributed by atoms with Gasteiger partial charge in [0.05, 0.1) is 20.2 Å². The van der Waals surface area contributed by atoms with Crippen LogP contribution in [0.5, 0.6) is 5.75 Å². The van der Waals surface area contributed by atoms with Gasteiger partial charge in [-0.1, -0.05) is 12.1 Å². The molecule has 0 atom stereocenters. The number of hydrogen-bond acceptors (Lipinski definition) is 3. The first kappa shape index (κ1) is 17.3. The van der Waals surface area contributed by atoms with Crippen LogP contribution >= 0.6 is 0 Å². The molecule has 6 heteroatoms. The number of primary amides is 1. The molecule has 2 rings (SSSR count). The first-order chi connectivity index (χ1) is 11.0. The highest BCUT2D eigenvalue weighted by molar-refractivity contribution is 5.77. The molecule has 0 aliphatic carbocycles. The standard InChI is InChI=1S/C17H25N3O3/c1-19(11-13-4-3-5-15(10-13)23-2)16(21)12-20-8-6-14(7-9-20)17(18)22/h3-5,10,14H,6-9,11-12H2,1-2H3,(H2,18,22)/p+1. The van der Waals surface area contributed by atoms with Crippen molar-refractivity contribution < 1.29 is 19.2 Å². The maximum atomic E-state index is 12.4. The molecule has 1 aromatic carbocycles. The van der Waals surface area contributed by atoms with Crippen molar-refractivity contribution in [3.63, 3.8) is 0 Å². The van der Waals surface area contributed by atoms with E-state index in [9.17, 15) is 9.59 Å². The number of rotatable bonds is 6. The van der Waals surface area contributed by atoms with Gasteiger partial charge in [0.15, 0.2) is 6.54 Å². The number of carbonyl (C=O) groups excluding carboxylic acids is 2. The van der Waals surface area contributed by atoms with Crippen molar-refractivity contribution in [2.45, 2.75) is 19.4 Å². The quantitative estimate of drug-likeness (QED) is 0.737. The number of hydrogen-bond donors (Lipinski definition) is 2. The van der Waals surface area contributed by atoms with Gasteiger partial charge in [-0.15, -0.1) is 0 Å². The second-order valence-corrected chi connectivity index (χ2v) is 6.20. The minimum absolute atomic E-state index is 0.0247. The number of likely N-dealkylation sites (tertiary alicyclic amines) is 1. The molecule has 6 nitrogen and oxygen atoms in total. The number of nitrogens with zero attached hydrogens (tertiary/aromatic N) is 1. The van der Waals surface area contributed by atoms with Gasteiger partial charge >= 0.3 is 0 Å². The Morgan fingerprint density at radius 3 is 2.65 bits per heavy atom. The van der Waals surface area contributed by atoms with Crippen LogP contribution in [0.25, 0.3) is 0 Å². The summed E-state index contributed by atoms with van der Waals surface area (Å²) in [6, 6.07) is 7.73. The predicted octanol–water partition coefficient (Wildman–Crippen LogP) is -0.566. The van der Waals surface area contributed by atoms with E-state index >= 15 is 0 Å². The van der Waals surface area contributed by atoms with Crippen molar-refractivity contribution in [1.29, 1.82) is 0 Å². The fraction of sp³-hybridized carbons (Fsp3) is 0.529. The smallest absolute Gasteiger partial charge is 0.277 e. The van der Waals surface area contributed by atoms with Crippen LogP contribution in [0.15, 0.2) is 24.3 Å². The molecule has 3 N–H and O–H groups in total. The van der Waals surface area contributed by atoms with Crippen molar-refractivity contribution in [3.05, 3.63) is 29.8 Å². The number of ether oxygens (including phenoxy) is 1. The van der Waals surface area contributed by atoms with Crippen molar-refractivity contribution in [2.24, 2.45) is 11.7 Å². The average molecular weight is 320 g/mol. The molecule has 0 aromatic heterocycles. The number of benzene rings is 1. The first-order valence-electron chi connectivity index (χ1n) is 7.99. The second-order valence-electron chi connectivity index (χ2n) is 6.20. The van der Waals surface area contributed by atoms with Crippen LogP contribution in [-0.2, 0) is 16.1 Å². The van der Waals surface area contributed by atoms with Gasteiger partial charge < -0.3 is 20.3 Å². The minimum Gasteiger partial charge on any atom is -0.497 e. The summed E-state index contributed by atoms with van der Waals surface area (Å²) >= 11 is 0. The zero-order valence-corrected chi connectivity index (χ0v) is 13.9. The highest BCUT2D eigenvalue weighted by Gasteiger charge is 2.27. The summed E-state index contributed by atoms with van der Waals surface area (Å²) in [4.78, 5) is 26.5. The lowest BCUT2D eigenvalue weighted by Gasteiger charge is -2.28. The number of nitrogens with one attached hydrogen (secondary N) is 1.